The normalized spacial score (nSPS) is 33.3. The van der Waals surface area contributed by atoms with Gasteiger partial charge in [-0.1, -0.05) is 0 Å². The van der Waals surface area contributed by atoms with Gasteiger partial charge in [0.1, 0.15) is 30.2 Å². The van der Waals surface area contributed by atoms with Gasteiger partial charge in [-0.2, -0.15) is 0 Å². The second-order valence-corrected chi connectivity index (χ2v) is 4.41. The Morgan fingerprint density at radius 3 is 2.17 bits per heavy atom. The van der Waals surface area contributed by atoms with E-state index in [-0.39, 0.29) is 0 Å². The zero-order valence-corrected chi connectivity index (χ0v) is 11.4. The van der Waals surface area contributed by atoms with E-state index in [2.05, 4.69) is 0 Å². The molecule has 0 aromatic rings. The fourth-order valence-corrected chi connectivity index (χ4v) is 2.19. The molecule has 18 heavy (non-hydrogen) atoms. The fourth-order valence-electron chi connectivity index (χ4n) is 2.19. The Balaban J connectivity index is 2.99. The highest BCUT2D eigenvalue weighted by atomic mass is 16.7. The van der Waals surface area contributed by atoms with E-state index in [0.717, 1.165) is 5.57 Å². The zero-order chi connectivity index (χ0) is 13.9. The average molecular weight is 262 g/mol. The molecule has 0 aromatic heterocycles. The third kappa shape index (κ3) is 2.84. The first-order valence-electron chi connectivity index (χ1n) is 5.76. The number of aliphatic hydroxyl groups is 2. The molecule has 1 heterocycles. The smallest absolute Gasteiger partial charge is 0.184 e. The van der Waals surface area contributed by atoms with Crippen molar-refractivity contribution in [3.63, 3.8) is 0 Å². The van der Waals surface area contributed by atoms with Crippen molar-refractivity contribution in [3.05, 3.63) is 11.3 Å². The van der Waals surface area contributed by atoms with Crippen molar-refractivity contribution in [2.75, 3.05) is 21.3 Å². The van der Waals surface area contributed by atoms with E-state index in [0.29, 0.717) is 5.76 Å². The highest BCUT2D eigenvalue weighted by Crippen LogP contribution is 2.30. The van der Waals surface area contributed by atoms with Crippen LogP contribution in [0.3, 0.4) is 0 Å². The van der Waals surface area contributed by atoms with Gasteiger partial charge in [-0.15, -0.1) is 0 Å². The Bertz CT molecular complexity index is 299. The number of hydrogen-bond acceptors (Lipinski definition) is 6. The Kier molecular flexibility index (Phi) is 5.55. The van der Waals surface area contributed by atoms with Crippen LogP contribution in [-0.2, 0) is 18.9 Å². The van der Waals surface area contributed by atoms with Gasteiger partial charge in [0.05, 0.1) is 7.11 Å². The van der Waals surface area contributed by atoms with Gasteiger partial charge in [0.15, 0.2) is 6.29 Å². The summed E-state index contributed by atoms with van der Waals surface area (Å²) in [6.45, 7) is 3.77. The molecular weight excluding hydrogens is 240 g/mol. The van der Waals surface area contributed by atoms with E-state index in [9.17, 15) is 10.2 Å². The largest absolute Gasteiger partial charge is 0.498 e. The van der Waals surface area contributed by atoms with Crippen LogP contribution in [0.4, 0.5) is 0 Å². The first kappa shape index (κ1) is 15.4. The van der Waals surface area contributed by atoms with Gasteiger partial charge in [0.2, 0.25) is 0 Å². The minimum absolute atomic E-state index is 0.545. The van der Waals surface area contributed by atoms with Gasteiger partial charge >= 0.3 is 0 Å². The molecule has 1 rings (SSSR count). The molecule has 0 spiro atoms. The van der Waals surface area contributed by atoms with E-state index in [1.807, 2.05) is 13.8 Å². The molecule has 5 atom stereocenters. The Hall–Kier alpha value is -0.660. The van der Waals surface area contributed by atoms with Crippen LogP contribution in [0, 0.1) is 0 Å². The number of allylic oxidation sites excluding steroid dienone is 1. The summed E-state index contributed by atoms with van der Waals surface area (Å²) in [5.41, 5.74) is 0.929. The fraction of sp³-hybridized carbons (Fsp3) is 0.833. The van der Waals surface area contributed by atoms with Crippen molar-refractivity contribution in [2.45, 2.75) is 44.6 Å². The molecule has 0 aromatic carbocycles. The number of methoxy groups -OCH3 is 3. The second-order valence-electron chi connectivity index (χ2n) is 4.41. The number of rotatable bonds is 5. The van der Waals surface area contributed by atoms with Gasteiger partial charge in [-0.05, 0) is 19.4 Å². The molecule has 1 aliphatic rings. The second kappa shape index (κ2) is 6.49. The summed E-state index contributed by atoms with van der Waals surface area (Å²) in [6, 6.07) is 0. The highest BCUT2D eigenvalue weighted by molar-refractivity contribution is 5.13. The van der Waals surface area contributed by atoms with Gasteiger partial charge in [0, 0.05) is 14.2 Å². The predicted octanol–water partition coefficient (Wildman–Crippen LogP) is 0.0348. The van der Waals surface area contributed by atoms with Crippen LogP contribution >= 0.6 is 0 Å². The third-order valence-corrected chi connectivity index (χ3v) is 3.04. The summed E-state index contributed by atoms with van der Waals surface area (Å²) in [6.07, 6.45) is -4.23. The summed E-state index contributed by atoms with van der Waals surface area (Å²) in [5, 5.41) is 19.3. The minimum Gasteiger partial charge on any atom is -0.498 e. The summed E-state index contributed by atoms with van der Waals surface area (Å²) in [7, 11) is 4.50. The van der Waals surface area contributed by atoms with Crippen LogP contribution in [0.25, 0.3) is 0 Å². The van der Waals surface area contributed by atoms with Gasteiger partial charge in [-0.3, -0.25) is 0 Å². The lowest BCUT2D eigenvalue weighted by Crippen LogP contribution is -2.42. The molecule has 1 saturated heterocycles. The lowest BCUT2D eigenvalue weighted by molar-refractivity contribution is -0.149. The monoisotopic (exact) mass is 262 g/mol. The molecule has 0 saturated carbocycles. The maximum atomic E-state index is 9.75. The summed E-state index contributed by atoms with van der Waals surface area (Å²) < 4.78 is 21.1. The molecular formula is C12H22O6. The first-order chi connectivity index (χ1) is 8.47. The first-order valence-corrected chi connectivity index (χ1v) is 5.76. The summed E-state index contributed by atoms with van der Waals surface area (Å²) in [4.78, 5) is 0. The van der Waals surface area contributed by atoms with Crippen molar-refractivity contribution < 1.29 is 29.2 Å². The van der Waals surface area contributed by atoms with E-state index < -0.39 is 30.7 Å². The standard InChI is InChI=1S/C12H22O6/c1-6(2)8(15-3)10(17-5)11-9(16-4)7(13)12(14)18-11/h7,9-14H,1-5H3/t7-,9-,10-,11+,12+/m1/s1. The van der Waals surface area contributed by atoms with Crippen molar-refractivity contribution in [3.8, 4) is 0 Å². The number of aliphatic hydroxyl groups excluding tert-OH is 2. The van der Waals surface area contributed by atoms with Crippen molar-refractivity contribution in [1.82, 2.24) is 0 Å². The van der Waals surface area contributed by atoms with Crippen LogP contribution in [0.1, 0.15) is 13.8 Å². The third-order valence-electron chi connectivity index (χ3n) is 3.04. The predicted molar refractivity (Wildman–Crippen MR) is 63.9 cm³/mol. The topological polar surface area (TPSA) is 77.4 Å². The zero-order valence-electron chi connectivity index (χ0n) is 11.4. The summed E-state index contributed by atoms with van der Waals surface area (Å²) >= 11 is 0. The van der Waals surface area contributed by atoms with Crippen LogP contribution in [-0.4, -0.2) is 62.2 Å². The van der Waals surface area contributed by atoms with Crippen LogP contribution in [0.5, 0.6) is 0 Å². The molecule has 0 aliphatic carbocycles. The quantitative estimate of drug-likeness (QED) is 0.681. The molecule has 0 unspecified atom stereocenters. The van der Waals surface area contributed by atoms with Crippen molar-refractivity contribution in [2.24, 2.45) is 0 Å². The van der Waals surface area contributed by atoms with E-state index in [1.54, 1.807) is 0 Å². The molecule has 2 N–H and O–H groups in total. The summed E-state index contributed by atoms with van der Waals surface area (Å²) in [5.74, 6) is 0.603. The van der Waals surface area contributed by atoms with E-state index in [4.69, 9.17) is 18.9 Å². The number of ether oxygens (including phenoxy) is 4. The molecule has 0 radical (unpaired) electrons. The van der Waals surface area contributed by atoms with Gasteiger partial charge in [0.25, 0.3) is 0 Å². The maximum absolute atomic E-state index is 9.75. The van der Waals surface area contributed by atoms with E-state index in [1.165, 1.54) is 21.3 Å². The minimum atomic E-state index is -1.28. The van der Waals surface area contributed by atoms with Crippen LogP contribution in [0.15, 0.2) is 11.3 Å². The Morgan fingerprint density at radius 1 is 1.17 bits per heavy atom. The molecule has 106 valence electrons. The molecule has 1 fully saturated rings. The highest BCUT2D eigenvalue weighted by Gasteiger charge is 2.48. The van der Waals surface area contributed by atoms with Gasteiger partial charge in [-0.25, -0.2) is 0 Å². The average Bonchev–Trinajstić information content (AvgIpc) is 2.61. The van der Waals surface area contributed by atoms with Crippen LogP contribution < -0.4 is 0 Å². The Labute approximate surface area is 107 Å². The van der Waals surface area contributed by atoms with Crippen molar-refractivity contribution >= 4 is 0 Å². The van der Waals surface area contributed by atoms with Crippen molar-refractivity contribution in [1.29, 1.82) is 0 Å². The molecule has 0 amide bonds. The van der Waals surface area contributed by atoms with Crippen LogP contribution in [0.2, 0.25) is 0 Å². The lowest BCUT2D eigenvalue weighted by Gasteiger charge is -2.28. The molecule has 0 bridgehead atoms. The molecule has 6 heteroatoms. The van der Waals surface area contributed by atoms with Gasteiger partial charge < -0.3 is 29.2 Å². The SMILES string of the molecule is COC(=C(C)C)[C@@H](OC)[C@H]1O[C@H](O)[C@H](O)[C@H]1OC. The number of hydrogen-bond donors (Lipinski definition) is 2. The molecule has 1 aliphatic heterocycles. The maximum Gasteiger partial charge on any atom is 0.184 e. The lowest BCUT2D eigenvalue weighted by atomic mass is 10.0. The molecule has 6 nitrogen and oxygen atoms in total. The van der Waals surface area contributed by atoms with E-state index >= 15 is 0 Å². The Morgan fingerprint density at radius 2 is 1.78 bits per heavy atom.